The van der Waals surface area contributed by atoms with E-state index in [-0.39, 0.29) is 29.0 Å². The standard InChI is InChI=1S/C21H24N8O2/c1-11-14(19-23-12(2)28-29(19)4)6-5-7-15(11)24-16-10-17(25-20(30)13-8-9-13)26-27-18(16)21(31)22-3/h5-7,10,13H,8-9H2,1-4H3,(H,22,31)(H2,24,25,26,30)/i3D3. The number of hydrogen-bond donors (Lipinski definition) is 3. The van der Waals surface area contributed by atoms with Crippen LogP contribution in [0.25, 0.3) is 11.4 Å². The van der Waals surface area contributed by atoms with Crippen LogP contribution in [0.3, 0.4) is 0 Å². The summed E-state index contributed by atoms with van der Waals surface area (Å²) in [5.41, 5.74) is 2.25. The zero-order valence-corrected chi connectivity index (χ0v) is 17.4. The van der Waals surface area contributed by atoms with E-state index in [4.69, 9.17) is 4.11 Å². The van der Waals surface area contributed by atoms with Crippen LogP contribution in [0.5, 0.6) is 0 Å². The van der Waals surface area contributed by atoms with Gasteiger partial charge in [-0.2, -0.15) is 5.10 Å². The van der Waals surface area contributed by atoms with E-state index in [0.29, 0.717) is 17.3 Å². The Kier molecular flexibility index (Phi) is 4.44. The number of carbonyl (C=O) groups excluding carboxylic acids is 2. The first kappa shape index (κ1) is 16.9. The molecule has 1 fully saturated rings. The SMILES string of the molecule is [2H]C([2H])([2H])NC(=O)c1nnc(NC(=O)C2CC2)cc1Nc1cccc(-c2nc(C)nn2C)c1C. The molecule has 2 aromatic heterocycles. The van der Waals surface area contributed by atoms with Gasteiger partial charge in [0.2, 0.25) is 5.91 Å². The minimum atomic E-state index is -2.70. The fourth-order valence-electron chi connectivity index (χ4n) is 3.25. The summed E-state index contributed by atoms with van der Waals surface area (Å²) < 4.78 is 23.7. The van der Waals surface area contributed by atoms with Crippen molar-refractivity contribution in [2.24, 2.45) is 13.0 Å². The van der Waals surface area contributed by atoms with Gasteiger partial charge < -0.3 is 16.0 Å². The van der Waals surface area contributed by atoms with Crippen molar-refractivity contribution >= 4 is 29.0 Å². The second-order valence-electron chi connectivity index (χ2n) is 7.42. The molecular formula is C21H24N8O2. The number of aryl methyl sites for hydroxylation is 2. The first-order valence-corrected chi connectivity index (χ1v) is 9.77. The van der Waals surface area contributed by atoms with Crippen LogP contribution in [-0.4, -0.2) is 43.8 Å². The Morgan fingerprint density at radius 1 is 1.19 bits per heavy atom. The number of amides is 2. The lowest BCUT2D eigenvalue weighted by Gasteiger charge is -2.15. The molecule has 160 valence electrons. The molecule has 1 saturated carbocycles. The topological polar surface area (TPSA) is 127 Å². The highest BCUT2D eigenvalue weighted by atomic mass is 16.2. The number of hydrogen-bond acceptors (Lipinski definition) is 7. The minimum absolute atomic E-state index is 0.0504. The summed E-state index contributed by atoms with van der Waals surface area (Å²) in [5, 5.41) is 19.9. The van der Waals surface area contributed by atoms with Crippen molar-refractivity contribution in [2.75, 3.05) is 17.6 Å². The van der Waals surface area contributed by atoms with Crippen molar-refractivity contribution in [3.63, 3.8) is 0 Å². The van der Waals surface area contributed by atoms with Gasteiger partial charge in [0, 0.05) is 41.4 Å². The largest absolute Gasteiger partial charge is 0.354 e. The molecule has 31 heavy (non-hydrogen) atoms. The first-order chi connectivity index (χ1) is 16.0. The van der Waals surface area contributed by atoms with Crippen LogP contribution < -0.4 is 16.0 Å². The van der Waals surface area contributed by atoms with Gasteiger partial charge in [-0.15, -0.1) is 10.2 Å². The Balaban J connectivity index is 1.71. The third-order valence-electron chi connectivity index (χ3n) is 5.03. The van der Waals surface area contributed by atoms with Crippen molar-refractivity contribution < 1.29 is 13.7 Å². The van der Waals surface area contributed by atoms with Gasteiger partial charge >= 0.3 is 0 Å². The third kappa shape index (κ3) is 4.23. The maximum Gasteiger partial charge on any atom is 0.273 e. The maximum atomic E-state index is 12.6. The summed E-state index contributed by atoms with van der Waals surface area (Å²) in [4.78, 5) is 29.3. The van der Waals surface area contributed by atoms with E-state index in [0.717, 1.165) is 24.0 Å². The van der Waals surface area contributed by atoms with Crippen molar-refractivity contribution in [3.8, 4) is 11.4 Å². The zero-order valence-electron chi connectivity index (χ0n) is 20.4. The lowest BCUT2D eigenvalue weighted by atomic mass is 10.1. The third-order valence-corrected chi connectivity index (χ3v) is 5.03. The molecule has 2 heterocycles. The number of benzene rings is 1. The quantitative estimate of drug-likeness (QED) is 0.555. The molecule has 10 heteroatoms. The molecule has 2 amide bonds. The van der Waals surface area contributed by atoms with E-state index in [2.05, 4.69) is 30.9 Å². The fraction of sp³-hybridized carbons (Fsp3) is 0.333. The van der Waals surface area contributed by atoms with Crippen LogP contribution in [-0.2, 0) is 11.8 Å². The van der Waals surface area contributed by atoms with Gasteiger partial charge in [-0.25, -0.2) is 9.67 Å². The molecule has 0 atom stereocenters. The van der Waals surface area contributed by atoms with E-state index in [1.165, 1.54) is 6.07 Å². The number of nitrogens with zero attached hydrogens (tertiary/aromatic N) is 5. The van der Waals surface area contributed by atoms with Crippen LogP contribution in [0, 0.1) is 19.8 Å². The fourth-order valence-corrected chi connectivity index (χ4v) is 3.25. The van der Waals surface area contributed by atoms with Gasteiger partial charge in [-0.3, -0.25) is 9.59 Å². The normalized spacial score (nSPS) is 14.9. The number of rotatable bonds is 6. The van der Waals surface area contributed by atoms with Crippen LogP contribution in [0.4, 0.5) is 17.2 Å². The average molecular weight is 423 g/mol. The maximum absolute atomic E-state index is 12.6. The van der Waals surface area contributed by atoms with Crippen LogP contribution >= 0.6 is 0 Å². The summed E-state index contributed by atoms with van der Waals surface area (Å²) in [6, 6.07) is 6.98. The molecule has 0 spiro atoms. The molecule has 0 unspecified atom stereocenters. The van der Waals surface area contributed by atoms with Crippen LogP contribution in [0.15, 0.2) is 24.3 Å². The van der Waals surface area contributed by atoms with Crippen LogP contribution in [0.1, 0.15) is 38.8 Å². The molecule has 1 aliphatic carbocycles. The van der Waals surface area contributed by atoms with Gasteiger partial charge in [-0.05, 0) is 38.3 Å². The summed E-state index contributed by atoms with van der Waals surface area (Å²) in [6.07, 6.45) is 1.63. The predicted octanol–water partition coefficient (Wildman–Crippen LogP) is 2.34. The van der Waals surface area contributed by atoms with Gasteiger partial charge in [0.05, 0.1) is 5.69 Å². The molecular weight excluding hydrogens is 396 g/mol. The Morgan fingerprint density at radius 2 is 2.00 bits per heavy atom. The zero-order chi connectivity index (χ0) is 24.6. The molecule has 10 nitrogen and oxygen atoms in total. The lowest BCUT2D eigenvalue weighted by molar-refractivity contribution is -0.117. The van der Waals surface area contributed by atoms with E-state index in [1.54, 1.807) is 24.7 Å². The van der Waals surface area contributed by atoms with Crippen molar-refractivity contribution in [3.05, 3.63) is 41.3 Å². The molecule has 0 bridgehead atoms. The Labute approximate surface area is 183 Å². The number of carbonyl (C=O) groups is 2. The summed E-state index contributed by atoms with van der Waals surface area (Å²) >= 11 is 0. The van der Waals surface area contributed by atoms with Gasteiger partial charge in [0.15, 0.2) is 17.3 Å². The number of nitrogens with one attached hydrogen (secondary N) is 3. The van der Waals surface area contributed by atoms with E-state index in [9.17, 15) is 9.59 Å². The van der Waals surface area contributed by atoms with E-state index >= 15 is 0 Å². The van der Waals surface area contributed by atoms with E-state index < -0.39 is 12.9 Å². The minimum Gasteiger partial charge on any atom is -0.354 e. The molecule has 0 aliphatic heterocycles. The Bertz CT molecular complexity index is 1270. The molecule has 4 rings (SSSR count). The molecule has 3 aromatic rings. The first-order valence-electron chi connectivity index (χ1n) is 11.3. The summed E-state index contributed by atoms with van der Waals surface area (Å²) in [7, 11) is 1.80. The van der Waals surface area contributed by atoms with Gasteiger partial charge in [0.25, 0.3) is 5.91 Å². The molecule has 1 aliphatic rings. The Morgan fingerprint density at radius 3 is 2.68 bits per heavy atom. The molecule has 0 radical (unpaired) electrons. The lowest BCUT2D eigenvalue weighted by Crippen LogP contribution is -2.22. The molecule has 3 N–H and O–H groups in total. The smallest absolute Gasteiger partial charge is 0.273 e. The number of aromatic nitrogens is 5. The van der Waals surface area contributed by atoms with Crippen molar-refractivity contribution in [1.29, 1.82) is 0 Å². The summed E-state index contributed by atoms with van der Waals surface area (Å²) in [6.45, 7) is 0.985. The highest BCUT2D eigenvalue weighted by Crippen LogP contribution is 2.32. The predicted molar refractivity (Wildman–Crippen MR) is 116 cm³/mol. The monoisotopic (exact) mass is 423 g/mol. The van der Waals surface area contributed by atoms with Gasteiger partial charge in [-0.1, -0.05) is 12.1 Å². The summed E-state index contributed by atoms with van der Waals surface area (Å²) in [5.74, 6) is 0.314. The van der Waals surface area contributed by atoms with Crippen LogP contribution in [0.2, 0.25) is 0 Å². The molecule has 1 aromatic carbocycles. The van der Waals surface area contributed by atoms with Crippen molar-refractivity contribution in [2.45, 2.75) is 26.7 Å². The molecule has 0 saturated heterocycles. The second-order valence-corrected chi connectivity index (χ2v) is 7.42. The van der Waals surface area contributed by atoms with Gasteiger partial charge in [0.1, 0.15) is 5.82 Å². The highest BCUT2D eigenvalue weighted by Gasteiger charge is 2.30. The second kappa shape index (κ2) is 8.13. The van der Waals surface area contributed by atoms with Crippen molar-refractivity contribution in [1.82, 2.24) is 30.3 Å². The average Bonchev–Trinajstić information content (AvgIpc) is 3.53. The number of anilines is 3. The highest BCUT2D eigenvalue weighted by molar-refractivity contribution is 5.99. The van der Waals surface area contributed by atoms with E-state index in [1.807, 2.05) is 24.4 Å². The Hall–Kier alpha value is -3.82.